The monoisotopic (exact) mass is 256 g/mol. The first-order chi connectivity index (χ1) is 8.50. The zero-order chi connectivity index (χ0) is 13.2. The summed E-state index contributed by atoms with van der Waals surface area (Å²) >= 11 is 0. The molecule has 1 heterocycles. The molecular formula is C11H11F3N4. The number of alkyl halides is 3. The maximum Gasteiger partial charge on any atom is 0.416 e. The second-order valence-corrected chi connectivity index (χ2v) is 3.72. The van der Waals surface area contributed by atoms with Gasteiger partial charge in [-0.15, -0.1) is 0 Å². The van der Waals surface area contributed by atoms with Crippen molar-refractivity contribution in [2.75, 3.05) is 6.54 Å². The number of hydrogen-bond acceptors (Lipinski definition) is 3. The number of rotatable bonds is 3. The summed E-state index contributed by atoms with van der Waals surface area (Å²) in [4.78, 5) is 4.08. The van der Waals surface area contributed by atoms with Crippen LogP contribution in [0.5, 0.6) is 0 Å². The summed E-state index contributed by atoms with van der Waals surface area (Å²) in [5.41, 5.74) is 4.96. The minimum absolute atomic E-state index is 0.240. The van der Waals surface area contributed by atoms with E-state index in [0.29, 0.717) is 24.4 Å². The van der Waals surface area contributed by atoms with E-state index in [-0.39, 0.29) is 5.82 Å². The Labute approximate surface area is 101 Å². The predicted octanol–water partition coefficient (Wildman–Crippen LogP) is 1.99. The first-order valence-electron chi connectivity index (χ1n) is 5.29. The van der Waals surface area contributed by atoms with E-state index in [1.165, 1.54) is 12.1 Å². The van der Waals surface area contributed by atoms with Crippen molar-refractivity contribution in [3.05, 3.63) is 35.7 Å². The lowest BCUT2D eigenvalue weighted by atomic mass is 10.1. The van der Waals surface area contributed by atoms with E-state index in [0.717, 1.165) is 12.1 Å². The third-order valence-corrected chi connectivity index (χ3v) is 2.36. The van der Waals surface area contributed by atoms with Crippen molar-refractivity contribution in [3.63, 3.8) is 0 Å². The van der Waals surface area contributed by atoms with E-state index in [4.69, 9.17) is 5.73 Å². The summed E-state index contributed by atoms with van der Waals surface area (Å²) in [6.45, 7) is 0.400. The summed E-state index contributed by atoms with van der Waals surface area (Å²) in [5, 5.41) is 6.51. The molecule has 1 aromatic heterocycles. The van der Waals surface area contributed by atoms with E-state index >= 15 is 0 Å². The first kappa shape index (κ1) is 12.6. The van der Waals surface area contributed by atoms with Crippen molar-refractivity contribution < 1.29 is 13.2 Å². The van der Waals surface area contributed by atoms with Gasteiger partial charge in [-0.1, -0.05) is 12.1 Å². The molecule has 2 rings (SSSR count). The van der Waals surface area contributed by atoms with Crippen molar-refractivity contribution in [2.24, 2.45) is 5.73 Å². The highest BCUT2D eigenvalue weighted by molar-refractivity contribution is 5.56. The molecule has 96 valence electrons. The molecule has 0 aliphatic rings. The lowest BCUT2D eigenvalue weighted by Gasteiger charge is -2.06. The largest absolute Gasteiger partial charge is 0.416 e. The first-order valence-corrected chi connectivity index (χ1v) is 5.29. The number of nitrogens with zero attached hydrogens (tertiary/aromatic N) is 2. The third kappa shape index (κ3) is 2.67. The Morgan fingerprint density at radius 3 is 2.72 bits per heavy atom. The summed E-state index contributed by atoms with van der Waals surface area (Å²) in [5.74, 6) is 0.800. The van der Waals surface area contributed by atoms with Gasteiger partial charge >= 0.3 is 6.18 Å². The summed E-state index contributed by atoms with van der Waals surface area (Å²) < 4.78 is 37.6. The van der Waals surface area contributed by atoms with Crippen LogP contribution < -0.4 is 5.73 Å². The third-order valence-electron chi connectivity index (χ3n) is 2.36. The molecule has 0 spiro atoms. The molecule has 0 bridgehead atoms. The number of aromatic amines is 1. The summed E-state index contributed by atoms with van der Waals surface area (Å²) in [7, 11) is 0. The van der Waals surface area contributed by atoms with Crippen LogP contribution >= 0.6 is 0 Å². The molecule has 0 aliphatic heterocycles. The average molecular weight is 256 g/mol. The maximum atomic E-state index is 12.5. The Morgan fingerprint density at radius 2 is 2.06 bits per heavy atom. The van der Waals surface area contributed by atoms with Gasteiger partial charge in [0.25, 0.3) is 0 Å². The fourth-order valence-electron chi connectivity index (χ4n) is 1.51. The van der Waals surface area contributed by atoms with Crippen LogP contribution in [0.25, 0.3) is 11.4 Å². The Hall–Kier alpha value is -1.89. The van der Waals surface area contributed by atoms with Crippen LogP contribution in [-0.4, -0.2) is 21.7 Å². The maximum absolute atomic E-state index is 12.5. The molecule has 18 heavy (non-hydrogen) atoms. The zero-order valence-electron chi connectivity index (χ0n) is 9.33. The predicted molar refractivity (Wildman–Crippen MR) is 59.6 cm³/mol. The van der Waals surface area contributed by atoms with Gasteiger partial charge in [0.1, 0.15) is 5.82 Å². The number of H-pyrrole nitrogens is 1. The molecule has 2 aromatic rings. The fraction of sp³-hybridized carbons (Fsp3) is 0.273. The normalized spacial score (nSPS) is 11.8. The smallest absolute Gasteiger partial charge is 0.330 e. The molecule has 0 amide bonds. The van der Waals surface area contributed by atoms with Crippen molar-refractivity contribution >= 4 is 0 Å². The van der Waals surface area contributed by atoms with Crippen molar-refractivity contribution in [1.82, 2.24) is 15.2 Å². The van der Waals surface area contributed by atoms with Gasteiger partial charge in [0.2, 0.25) is 0 Å². The number of nitrogens with one attached hydrogen (secondary N) is 1. The topological polar surface area (TPSA) is 67.6 Å². The molecule has 0 unspecified atom stereocenters. The Balaban J connectivity index is 2.32. The van der Waals surface area contributed by atoms with Gasteiger partial charge in [0, 0.05) is 12.0 Å². The van der Waals surface area contributed by atoms with Gasteiger partial charge in [0.05, 0.1) is 5.56 Å². The summed E-state index contributed by atoms with van der Waals surface area (Å²) in [6.07, 6.45) is -3.86. The van der Waals surface area contributed by atoms with Crippen molar-refractivity contribution in [3.8, 4) is 11.4 Å². The van der Waals surface area contributed by atoms with Gasteiger partial charge in [-0.2, -0.15) is 18.3 Å². The molecule has 3 N–H and O–H groups in total. The second-order valence-electron chi connectivity index (χ2n) is 3.72. The standard InChI is InChI=1S/C11H11F3N4/c12-11(13,14)8-3-1-2-7(6-8)10-16-9(4-5-15)17-18-10/h1-3,6H,4-5,15H2,(H,16,17,18). The van der Waals surface area contributed by atoms with E-state index in [2.05, 4.69) is 15.2 Å². The number of halogens is 3. The van der Waals surface area contributed by atoms with Crippen LogP contribution in [0.3, 0.4) is 0 Å². The molecule has 0 aliphatic carbocycles. The second kappa shape index (κ2) is 4.77. The van der Waals surface area contributed by atoms with Crippen LogP contribution in [0.15, 0.2) is 24.3 Å². The number of nitrogens with two attached hydrogens (primary N) is 1. The van der Waals surface area contributed by atoms with E-state index < -0.39 is 11.7 Å². The lowest BCUT2D eigenvalue weighted by molar-refractivity contribution is -0.137. The minimum atomic E-state index is -4.37. The highest BCUT2D eigenvalue weighted by Gasteiger charge is 2.30. The lowest BCUT2D eigenvalue weighted by Crippen LogP contribution is -2.04. The van der Waals surface area contributed by atoms with E-state index in [1.807, 2.05) is 0 Å². The van der Waals surface area contributed by atoms with Gasteiger partial charge in [-0.05, 0) is 18.7 Å². The highest BCUT2D eigenvalue weighted by Crippen LogP contribution is 2.31. The highest BCUT2D eigenvalue weighted by atomic mass is 19.4. The quantitative estimate of drug-likeness (QED) is 0.882. The van der Waals surface area contributed by atoms with Gasteiger partial charge in [0.15, 0.2) is 5.82 Å². The van der Waals surface area contributed by atoms with Gasteiger partial charge in [-0.3, -0.25) is 5.10 Å². The van der Waals surface area contributed by atoms with Crippen LogP contribution in [0, 0.1) is 0 Å². The Morgan fingerprint density at radius 1 is 1.28 bits per heavy atom. The van der Waals surface area contributed by atoms with E-state index in [9.17, 15) is 13.2 Å². The molecule has 0 radical (unpaired) electrons. The molecule has 4 nitrogen and oxygen atoms in total. The summed E-state index contributed by atoms with van der Waals surface area (Å²) in [6, 6.07) is 4.90. The Kier molecular flexibility index (Phi) is 3.33. The zero-order valence-corrected chi connectivity index (χ0v) is 9.33. The van der Waals surface area contributed by atoms with Crippen LogP contribution in [0.1, 0.15) is 11.4 Å². The number of hydrogen-bond donors (Lipinski definition) is 2. The van der Waals surface area contributed by atoms with E-state index in [1.54, 1.807) is 0 Å². The fourth-order valence-corrected chi connectivity index (χ4v) is 1.51. The molecule has 0 saturated heterocycles. The van der Waals surface area contributed by atoms with Crippen LogP contribution in [0.2, 0.25) is 0 Å². The Bertz CT molecular complexity index is 533. The average Bonchev–Trinajstić information content (AvgIpc) is 2.77. The minimum Gasteiger partial charge on any atom is -0.330 e. The SMILES string of the molecule is NCCc1nc(-c2cccc(C(F)(F)F)c2)n[nH]1. The molecule has 0 atom stereocenters. The number of benzene rings is 1. The molecular weight excluding hydrogens is 245 g/mol. The van der Waals surface area contributed by atoms with Crippen molar-refractivity contribution in [2.45, 2.75) is 12.6 Å². The molecule has 1 aromatic carbocycles. The molecule has 0 saturated carbocycles. The van der Waals surface area contributed by atoms with Crippen LogP contribution in [0.4, 0.5) is 13.2 Å². The number of aromatic nitrogens is 3. The molecule has 7 heteroatoms. The van der Waals surface area contributed by atoms with Crippen molar-refractivity contribution in [1.29, 1.82) is 0 Å². The molecule has 0 fully saturated rings. The van der Waals surface area contributed by atoms with Gasteiger partial charge in [-0.25, -0.2) is 4.98 Å². The van der Waals surface area contributed by atoms with Crippen LogP contribution in [-0.2, 0) is 12.6 Å². The van der Waals surface area contributed by atoms with Gasteiger partial charge < -0.3 is 5.73 Å².